The van der Waals surface area contributed by atoms with Crippen molar-refractivity contribution in [1.29, 1.82) is 0 Å². The molecule has 6 atom stereocenters. The van der Waals surface area contributed by atoms with Crippen LogP contribution in [0.5, 0.6) is 0 Å². The number of rotatable bonds is 3. The second-order valence-electron chi connectivity index (χ2n) is 8.10. The maximum Gasteiger partial charge on any atom is 0.254 e. The van der Waals surface area contributed by atoms with E-state index in [0.717, 1.165) is 17.0 Å². The average Bonchev–Trinajstić information content (AvgIpc) is 3.34. The fraction of sp³-hybridized carbons (Fsp3) is 0.318. The predicted octanol–water partition coefficient (Wildman–Crippen LogP) is 3.47. The number of allylic oxidation sites excluding steroid dienone is 2. The van der Waals surface area contributed by atoms with Gasteiger partial charge in [-0.1, -0.05) is 12.2 Å². The number of nitrogens with zero attached hydrogens (tertiary/aromatic N) is 2. The Morgan fingerprint density at radius 3 is 2.25 bits per heavy atom. The molecule has 2 amide bonds. The number of hydrogen-bond donors (Lipinski definition) is 0. The summed E-state index contributed by atoms with van der Waals surface area (Å²) in [6, 6.07) is 9.44. The molecule has 5 aliphatic rings. The van der Waals surface area contributed by atoms with Crippen LogP contribution in [-0.2, 0) is 9.59 Å². The molecule has 4 aliphatic carbocycles. The Balaban J connectivity index is 1.24. The lowest BCUT2D eigenvalue weighted by Gasteiger charge is -2.37. The summed E-state index contributed by atoms with van der Waals surface area (Å²) in [4.78, 5) is 25.8. The van der Waals surface area contributed by atoms with E-state index in [9.17, 15) is 14.0 Å². The molecule has 2 aromatic rings. The van der Waals surface area contributed by atoms with Gasteiger partial charge in [-0.25, -0.2) is 4.39 Å². The molecule has 140 valence electrons. The molecule has 0 N–H and O–H groups in total. The normalized spacial score (nSPS) is 35.0. The monoisotopic (exact) mass is 376 g/mol. The van der Waals surface area contributed by atoms with Crippen LogP contribution in [0.25, 0.3) is 11.3 Å². The summed E-state index contributed by atoms with van der Waals surface area (Å²) in [5, 5.41) is 5.20. The molecule has 3 fully saturated rings. The number of benzene rings is 1. The molecule has 5 nitrogen and oxygen atoms in total. The van der Waals surface area contributed by atoms with E-state index in [1.54, 1.807) is 24.3 Å². The van der Waals surface area contributed by atoms with Gasteiger partial charge in [0.15, 0.2) is 0 Å². The fourth-order valence-electron chi connectivity index (χ4n) is 5.36. The minimum absolute atomic E-state index is 0.186. The summed E-state index contributed by atoms with van der Waals surface area (Å²) in [7, 11) is 0. The first kappa shape index (κ1) is 16.0. The second kappa shape index (κ2) is 5.50. The standard InChI is InChI=1S/C22H17FN2O3/c23-12-3-1-11(2-4-12)18-8-5-13(28-18)10-24-25-21(26)19-14-6-7-15(17-9-16(14)17)20(19)22(25)27/h1-8,10,14-17,19-20H,9H2/b24-10-/t14-,15-,16-,17+,19-,20+/m1/s1. The second-order valence-corrected chi connectivity index (χ2v) is 8.10. The van der Waals surface area contributed by atoms with Crippen molar-refractivity contribution < 1.29 is 18.4 Å². The molecule has 2 saturated carbocycles. The minimum Gasteiger partial charge on any atom is -0.455 e. The van der Waals surface area contributed by atoms with Crippen molar-refractivity contribution in [3.8, 4) is 11.3 Å². The Hall–Kier alpha value is -3.02. The molecule has 6 heteroatoms. The topological polar surface area (TPSA) is 62.9 Å². The van der Waals surface area contributed by atoms with Gasteiger partial charge in [0.1, 0.15) is 17.3 Å². The van der Waals surface area contributed by atoms with Crippen LogP contribution in [0.15, 0.2) is 58.1 Å². The van der Waals surface area contributed by atoms with Crippen LogP contribution in [0.2, 0.25) is 0 Å². The van der Waals surface area contributed by atoms with E-state index in [1.165, 1.54) is 18.3 Å². The molecule has 0 spiro atoms. The number of hydrazone groups is 1. The van der Waals surface area contributed by atoms with Gasteiger partial charge in [0.05, 0.1) is 18.1 Å². The molecule has 1 aromatic carbocycles. The Morgan fingerprint density at radius 2 is 1.61 bits per heavy atom. The van der Waals surface area contributed by atoms with Gasteiger partial charge in [0.25, 0.3) is 11.8 Å². The van der Waals surface area contributed by atoms with Crippen LogP contribution < -0.4 is 0 Å². The van der Waals surface area contributed by atoms with E-state index in [0.29, 0.717) is 23.4 Å². The summed E-state index contributed by atoms with van der Waals surface area (Å²) >= 11 is 0. The first-order valence-electron chi connectivity index (χ1n) is 9.58. The number of imide groups is 1. The number of carbonyl (C=O) groups excluding carboxylic acids is 2. The molecule has 28 heavy (non-hydrogen) atoms. The zero-order valence-corrected chi connectivity index (χ0v) is 14.9. The Bertz CT molecular complexity index is 1020. The van der Waals surface area contributed by atoms with Gasteiger partial charge in [0, 0.05) is 5.56 Å². The fourth-order valence-corrected chi connectivity index (χ4v) is 5.36. The maximum atomic E-state index is 13.1. The van der Waals surface area contributed by atoms with Gasteiger partial charge < -0.3 is 4.42 Å². The largest absolute Gasteiger partial charge is 0.455 e. The van der Waals surface area contributed by atoms with Gasteiger partial charge in [-0.05, 0) is 66.5 Å². The van der Waals surface area contributed by atoms with Gasteiger partial charge in [-0.15, -0.1) is 0 Å². The van der Waals surface area contributed by atoms with E-state index < -0.39 is 0 Å². The van der Waals surface area contributed by atoms with Crippen LogP contribution in [0.3, 0.4) is 0 Å². The molecular weight excluding hydrogens is 359 g/mol. The van der Waals surface area contributed by atoms with Crippen molar-refractivity contribution in [2.45, 2.75) is 6.42 Å². The lowest BCUT2D eigenvalue weighted by Crippen LogP contribution is -2.40. The molecule has 1 aliphatic heterocycles. The third kappa shape index (κ3) is 2.14. The SMILES string of the molecule is O=C1[C@@H]2[C@@H]3C=C[C@H]([C@@H]4C[C@H]34)[C@@H]2C(=O)N1/N=C\c1ccc(-c2ccc(F)cc2)o1. The smallest absolute Gasteiger partial charge is 0.254 e. The van der Waals surface area contributed by atoms with Crippen molar-refractivity contribution in [1.82, 2.24) is 5.01 Å². The predicted molar refractivity (Wildman–Crippen MR) is 98.2 cm³/mol. The molecule has 0 radical (unpaired) electrons. The van der Waals surface area contributed by atoms with Crippen molar-refractivity contribution in [2.24, 2.45) is 40.6 Å². The number of halogens is 1. The molecule has 7 rings (SSSR count). The highest BCUT2D eigenvalue weighted by atomic mass is 19.1. The molecule has 0 unspecified atom stereocenters. The first-order valence-corrected chi connectivity index (χ1v) is 9.58. The summed E-state index contributed by atoms with van der Waals surface area (Å²) in [5.74, 6) is 1.30. The van der Waals surface area contributed by atoms with Crippen LogP contribution in [0.4, 0.5) is 4.39 Å². The van der Waals surface area contributed by atoms with Gasteiger partial charge in [-0.2, -0.15) is 10.1 Å². The molecule has 1 aromatic heterocycles. The highest BCUT2D eigenvalue weighted by Gasteiger charge is 2.67. The highest BCUT2D eigenvalue weighted by Crippen LogP contribution is 2.65. The van der Waals surface area contributed by atoms with Gasteiger partial charge >= 0.3 is 0 Å². The number of hydrogen-bond acceptors (Lipinski definition) is 4. The van der Waals surface area contributed by atoms with Gasteiger partial charge in [0.2, 0.25) is 0 Å². The van der Waals surface area contributed by atoms with E-state index in [4.69, 9.17) is 4.42 Å². The number of carbonyl (C=O) groups is 2. The third-order valence-corrected chi connectivity index (χ3v) is 6.70. The average molecular weight is 376 g/mol. The van der Waals surface area contributed by atoms with Crippen molar-refractivity contribution in [2.75, 3.05) is 0 Å². The van der Waals surface area contributed by atoms with E-state index in [-0.39, 0.29) is 41.3 Å². The lowest BCUT2D eigenvalue weighted by atomic mass is 9.63. The van der Waals surface area contributed by atoms with Crippen LogP contribution in [0, 0.1) is 41.3 Å². The molecule has 2 heterocycles. The van der Waals surface area contributed by atoms with Crippen LogP contribution in [-0.4, -0.2) is 23.0 Å². The summed E-state index contributed by atoms with van der Waals surface area (Å²) in [5.41, 5.74) is 0.738. The van der Waals surface area contributed by atoms with E-state index in [1.807, 2.05) is 0 Å². The van der Waals surface area contributed by atoms with Crippen molar-refractivity contribution in [3.05, 3.63) is 60.1 Å². The minimum atomic E-state index is -0.314. The molecule has 2 bridgehead atoms. The number of furan rings is 1. The first-order chi connectivity index (χ1) is 13.6. The summed E-state index contributed by atoms with van der Waals surface area (Å²) in [6.45, 7) is 0. The maximum absolute atomic E-state index is 13.1. The Morgan fingerprint density at radius 1 is 0.964 bits per heavy atom. The van der Waals surface area contributed by atoms with Crippen LogP contribution >= 0.6 is 0 Å². The van der Waals surface area contributed by atoms with Gasteiger partial charge in [-0.3, -0.25) is 9.59 Å². The Labute approximate surface area is 160 Å². The lowest BCUT2D eigenvalue weighted by molar-refractivity contribution is -0.140. The summed E-state index contributed by atoms with van der Waals surface area (Å²) < 4.78 is 18.8. The number of amides is 2. The van der Waals surface area contributed by atoms with Crippen molar-refractivity contribution >= 4 is 18.0 Å². The van der Waals surface area contributed by atoms with E-state index in [2.05, 4.69) is 17.3 Å². The Kier molecular flexibility index (Phi) is 3.14. The quantitative estimate of drug-likeness (QED) is 0.468. The van der Waals surface area contributed by atoms with Crippen LogP contribution in [0.1, 0.15) is 12.2 Å². The molecular formula is C22H17FN2O3. The van der Waals surface area contributed by atoms with Crippen molar-refractivity contribution in [3.63, 3.8) is 0 Å². The van der Waals surface area contributed by atoms with E-state index >= 15 is 0 Å². The zero-order valence-electron chi connectivity index (χ0n) is 14.9. The highest BCUT2D eigenvalue weighted by molar-refractivity contribution is 6.06. The molecule has 1 saturated heterocycles. The zero-order chi connectivity index (χ0) is 19.0. The third-order valence-electron chi connectivity index (χ3n) is 6.70. The summed E-state index contributed by atoms with van der Waals surface area (Å²) in [6.07, 6.45) is 6.81.